The Kier molecular flexibility index (Phi) is 2.70. The van der Waals surface area contributed by atoms with Gasteiger partial charge in [0, 0.05) is 31.0 Å². The van der Waals surface area contributed by atoms with Crippen molar-refractivity contribution >= 4 is 11.6 Å². The molecule has 0 atom stereocenters. The van der Waals surface area contributed by atoms with Gasteiger partial charge in [0.05, 0.1) is 12.2 Å². The number of hydrogen-bond donors (Lipinski definition) is 1. The molecule has 6 heteroatoms. The lowest BCUT2D eigenvalue weighted by Crippen LogP contribution is -2.38. The lowest BCUT2D eigenvalue weighted by Gasteiger charge is -2.27. The Balaban J connectivity index is 1.83. The molecule has 0 saturated carbocycles. The highest BCUT2D eigenvalue weighted by molar-refractivity contribution is 5.95. The number of carbonyl (C=O) groups excluding carboxylic acids is 1. The van der Waals surface area contributed by atoms with Crippen LogP contribution in [0.25, 0.3) is 0 Å². The van der Waals surface area contributed by atoms with E-state index >= 15 is 0 Å². The number of amides is 1. The molecule has 2 heterocycles. The first kappa shape index (κ1) is 11.7. The van der Waals surface area contributed by atoms with Gasteiger partial charge in [-0.15, -0.1) is 0 Å². The summed E-state index contributed by atoms with van der Waals surface area (Å²) in [6, 6.07) is 4.04. The fourth-order valence-corrected chi connectivity index (χ4v) is 2.21. The number of benzene rings is 1. The van der Waals surface area contributed by atoms with Crippen molar-refractivity contribution in [3.05, 3.63) is 47.8 Å². The minimum absolute atomic E-state index is 0.00985. The molecule has 3 rings (SSSR count). The third-order valence-electron chi connectivity index (χ3n) is 3.27. The normalized spacial score (nSPS) is 14.3. The zero-order valence-corrected chi connectivity index (χ0v) is 10.2. The van der Waals surface area contributed by atoms with Crippen molar-refractivity contribution in [2.45, 2.75) is 13.1 Å². The van der Waals surface area contributed by atoms with Crippen LogP contribution in [0.1, 0.15) is 16.2 Å². The highest BCUT2D eigenvalue weighted by Gasteiger charge is 2.22. The van der Waals surface area contributed by atoms with E-state index in [9.17, 15) is 9.18 Å². The molecule has 0 aliphatic carbocycles. The SMILES string of the molecule is Nc1cc(C(=O)N2CCn3ccnc3C2)ccc1F. The van der Waals surface area contributed by atoms with Gasteiger partial charge in [-0.1, -0.05) is 0 Å². The second-order valence-corrected chi connectivity index (χ2v) is 4.50. The van der Waals surface area contributed by atoms with Crippen molar-refractivity contribution < 1.29 is 9.18 Å². The van der Waals surface area contributed by atoms with E-state index in [4.69, 9.17) is 5.73 Å². The lowest BCUT2D eigenvalue weighted by atomic mass is 10.1. The van der Waals surface area contributed by atoms with Gasteiger partial charge in [-0.2, -0.15) is 0 Å². The first-order valence-corrected chi connectivity index (χ1v) is 5.99. The van der Waals surface area contributed by atoms with Gasteiger partial charge in [-0.05, 0) is 18.2 Å². The number of imidazole rings is 1. The van der Waals surface area contributed by atoms with Crippen LogP contribution in [0.15, 0.2) is 30.6 Å². The van der Waals surface area contributed by atoms with E-state index in [0.29, 0.717) is 18.7 Å². The van der Waals surface area contributed by atoms with Crippen molar-refractivity contribution in [2.75, 3.05) is 12.3 Å². The Bertz CT molecular complexity index is 637. The summed E-state index contributed by atoms with van der Waals surface area (Å²) < 4.78 is 15.1. The standard InChI is InChI=1S/C13H13FN4O/c14-10-2-1-9(7-11(10)15)13(19)18-6-5-17-4-3-16-12(17)8-18/h1-4,7H,5-6,8,15H2. The van der Waals surface area contributed by atoms with Gasteiger partial charge in [0.15, 0.2) is 0 Å². The van der Waals surface area contributed by atoms with Gasteiger partial charge in [0.2, 0.25) is 0 Å². The van der Waals surface area contributed by atoms with E-state index in [1.807, 2.05) is 10.8 Å². The van der Waals surface area contributed by atoms with Gasteiger partial charge in [-0.3, -0.25) is 4.79 Å². The molecule has 2 aromatic rings. The second kappa shape index (κ2) is 4.38. The number of anilines is 1. The molecule has 0 unspecified atom stereocenters. The number of aromatic nitrogens is 2. The van der Waals surface area contributed by atoms with Crippen LogP contribution in [-0.4, -0.2) is 26.9 Å². The van der Waals surface area contributed by atoms with Crippen molar-refractivity contribution in [2.24, 2.45) is 0 Å². The van der Waals surface area contributed by atoms with Crippen LogP contribution in [-0.2, 0) is 13.1 Å². The third-order valence-corrected chi connectivity index (χ3v) is 3.27. The molecule has 5 nitrogen and oxygen atoms in total. The van der Waals surface area contributed by atoms with Crippen LogP contribution in [0, 0.1) is 5.82 Å². The number of rotatable bonds is 1. The molecule has 19 heavy (non-hydrogen) atoms. The lowest BCUT2D eigenvalue weighted by molar-refractivity contribution is 0.0707. The maximum atomic E-state index is 13.1. The van der Waals surface area contributed by atoms with Gasteiger partial charge in [0.1, 0.15) is 11.6 Å². The number of carbonyl (C=O) groups is 1. The number of fused-ring (bicyclic) bond motifs is 1. The maximum Gasteiger partial charge on any atom is 0.254 e. The van der Waals surface area contributed by atoms with E-state index in [0.717, 1.165) is 12.4 Å². The molecule has 1 aromatic heterocycles. The zero-order chi connectivity index (χ0) is 13.4. The smallest absolute Gasteiger partial charge is 0.254 e. The van der Waals surface area contributed by atoms with E-state index in [-0.39, 0.29) is 11.6 Å². The Hall–Kier alpha value is -2.37. The predicted molar refractivity (Wildman–Crippen MR) is 67.8 cm³/mol. The highest BCUT2D eigenvalue weighted by Crippen LogP contribution is 2.17. The average molecular weight is 260 g/mol. The van der Waals surface area contributed by atoms with Crippen molar-refractivity contribution in [1.29, 1.82) is 0 Å². The second-order valence-electron chi connectivity index (χ2n) is 4.50. The molecule has 2 N–H and O–H groups in total. The molecular formula is C13H13FN4O. The predicted octanol–water partition coefficient (Wildman–Crippen LogP) is 1.26. The van der Waals surface area contributed by atoms with Gasteiger partial charge >= 0.3 is 0 Å². The van der Waals surface area contributed by atoms with Gasteiger partial charge in [-0.25, -0.2) is 9.37 Å². The zero-order valence-electron chi connectivity index (χ0n) is 10.2. The summed E-state index contributed by atoms with van der Waals surface area (Å²) in [5.41, 5.74) is 5.88. The van der Waals surface area contributed by atoms with Crippen molar-refractivity contribution in [1.82, 2.24) is 14.5 Å². The summed E-state index contributed by atoms with van der Waals surface area (Å²) in [7, 11) is 0. The van der Waals surface area contributed by atoms with Crippen LogP contribution >= 0.6 is 0 Å². The summed E-state index contributed by atoms with van der Waals surface area (Å²) in [5.74, 6) is 0.196. The van der Waals surface area contributed by atoms with Crippen LogP contribution in [0.3, 0.4) is 0 Å². The van der Waals surface area contributed by atoms with Gasteiger partial charge < -0.3 is 15.2 Å². The third kappa shape index (κ3) is 2.05. The quantitative estimate of drug-likeness (QED) is 0.785. The minimum atomic E-state index is -0.509. The fraction of sp³-hybridized carbons (Fsp3) is 0.231. The van der Waals surface area contributed by atoms with Crippen LogP contribution < -0.4 is 5.73 Å². The van der Waals surface area contributed by atoms with Crippen molar-refractivity contribution in [3.8, 4) is 0 Å². The Labute approximate surface area is 109 Å². The molecule has 1 amide bonds. The molecule has 0 fully saturated rings. The molecule has 0 saturated heterocycles. The number of nitrogen functional groups attached to an aromatic ring is 1. The van der Waals surface area contributed by atoms with Gasteiger partial charge in [0.25, 0.3) is 5.91 Å². The van der Waals surface area contributed by atoms with E-state index in [2.05, 4.69) is 4.98 Å². The molecular weight excluding hydrogens is 247 g/mol. The summed E-state index contributed by atoms with van der Waals surface area (Å²) in [6.07, 6.45) is 3.62. The average Bonchev–Trinajstić information content (AvgIpc) is 2.88. The number of nitrogens with two attached hydrogens (primary N) is 1. The number of nitrogens with zero attached hydrogens (tertiary/aromatic N) is 3. The summed E-state index contributed by atoms with van der Waals surface area (Å²) in [4.78, 5) is 18.2. The molecule has 1 aliphatic rings. The molecule has 98 valence electrons. The summed E-state index contributed by atoms with van der Waals surface area (Å²) >= 11 is 0. The topological polar surface area (TPSA) is 64.2 Å². The molecule has 1 aliphatic heterocycles. The molecule has 1 aromatic carbocycles. The highest BCUT2D eigenvalue weighted by atomic mass is 19.1. The first-order valence-electron chi connectivity index (χ1n) is 5.99. The monoisotopic (exact) mass is 260 g/mol. The summed E-state index contributed by atoms with van der Waals surface area (Å²) in [6.45, 7) is 1.79. The van der Waals surface area contributed by atoms with Crippen LogP contribution in [0.2, 0.25) is 0 Å². The minimum Gasteiger partial charge on any atom is -0.396 e. The number of hydrogen-bond acceptors (Lipinski definition) is 3. The largest absolute Gasteiger partial charge is 0.396 e. The first-order chi connectivity index (χ1) is 9.15. The van der Waals surface area contributed by atoms with Crippen LogP contribution in [0.4, 0.5) is 10.1 Å². The van der Waals surface area contributed by atoms with E-state index in [1.165, 1.54) is 18.2 Å². The molecule has 0 radical (unpaired) electrons. The number of halogens is 1. The Morgan fingerprint density at radius 3 is 3.00 bits per heavy atom. The van der Waals surface area contributed by atoms with Crippen molar-refractivity contribution in [3.63, 3.8) is 0 Å². The van der Waals surface area contributed by atoms with E-state index < -0.39 is 5.82 Å². The Morgan fingerprint density at radius 1 is 1.37 bits per heavy atom. The van der Waals surface area contributed by atoms with E-state index in [1.54, 1.807) is 11.1 Å². The van der Waals surface area contributed by atoms with Crippen LogP contribution in [0.5, 0.6) is 0 Å². The molecule has 0 bridgehead atoms. The maximum absolute atomic E-state index is 13.1. The Morgan fingerprint density at radius 2 is 2.21 bits per heavy atom. The fourth-order valence-electron chi connectivity index (χ4n) is 2.21. The molecule has 0 spiro atoms. The summed E-state index contributed by atoms with van der Waals surface area (Å²) in [5, 5.41) is 0.